The van der Waals surface area contributed by atoms with Crippen LogP contribution in [0.3, 0.4) is 0 Å². The number of furan rings is 1. The van der Waals surface area contributed by atoms with E-state index in [1.165, 1.54) is 18.4 Å². The van der Waals surface area contributed by atoms with Crippen LogP contribution < -0.4 is 0 Å². The van der Waals surface area contributed by atoms with Gasteiger partial charge in [-0.05, 0) is 31.9 Å². The lowest BCUT2D eigenvalue weighted by Gasteiger charge is -2.07. The van der Waals surface area contributed by atoms with Gasteiger partial charge in [-0.15, -0.1) is 11.3 Å². The van der Waals surface area contributed by atoms with Gasteiger partial charge >= 0.3 is 5.97 Å². The van der Waals surface area contributed by atoms with Gasteiger partial charge in [-0.3, -0.25) is 4.79 Å². The predicted molar refractivity (Wildman–Crippen MR) is 67.5 cm³/mol. The van der Waals surface area contributed by atoms with E-state index in [0.29, 0.717) is 0 Å². The smallest absolute Gasteiger partial charge is 0.318 e. The minimum absolute atomic E-state index is 0.181. The molecule has 1 fully saturated rings. The number of esters is 1. The fourth-order valence-corrected chi connectivity index (χ4v) is 3.06. The molecule has 2 aromatic heterocycles. The number of methoxy groups -OCH3 is 1. The third-order valence-corrected chi connectivity index (χ3v) is 4.28. The second-order valence-corrected chi connectivity index (χ2v) is 5.38. The van der Waals surface area contributed by atoms with Gasteiger partial charge in [0.1, 0.15) is 21.9 Å². The molecule has 0 saturated heterocycles. The van der Waals surface area contributed by atoms with Gasteiger partial charge in [-0.2, -0.15) is 0 Å². The molecule has 0 atom stereocenters. The van der Waals surface area contributed by atoms with Gasteiger partial charge in [0.25, 0.3) is 0 Å². The number of hydrogen-bond acceptors (Lipinski definition) is 5. The number of nitrogens with zero attached hydrogens (tertiary/aromatic N) is 1. The maximum atomic E-state index is 11.8. The molecule has 1 saturated carbocycles. The molecule has 0 bridgehead atoms. The third-order valence-electron chi connectivity index (χ3n) is 3.23. The molecule has 94 valence electrons. The van der Waals surface area contributed by atoms with Crippen molar-refractivity contribution in [1.82, 2.24) is 4.98 Å². The second kappa shape index (κ2) is 3.95. The van der Waals surface area contributed by atoms with Gasteiger partial charge in [0.2, 0.25) is 0 Å². The normalized spacial score (nSPS) is 16.6. The Hall–Kier alpha value is -1.62. The van der Waals surface area contributed by atoms with E-state index in [2.05, 4.69) is 4.98 Å². The Kier molecular flexibility index (Phi) is 2.52. The summed E-state index contributed by atoms with van der Waals surface area (Å²) in [6, 6.07) is 3.80. The molecule has 2 aromatic rings. The molecule has 18 heavy (non-hydrogen) atoms. The van der Waals surface area contributed by atoms with Gasteiger partial charge in [-0.25, -0.2) is 4.98 Å². The lowest BCUT2D eigenvalue weighted by atomic mass is 10.1. The standard InChI is InChI=1S/C13H13NO3S/c1-8-3-4-10(17-8)9-7-18-11(14-9)13(5-6-13)12(15)16-2/h3-4,7H,5-6H2,1-2H3. The van der Waals surface area contributed by atoms with Gasteiger partial charge in [0.05, 0.1) is 7.11 Å². The Morgan fingerprint density at radius 1 is 1.50 bits per heavy atom. The largest absolute Gasteiger partial charge is 0.468 e. The number of thiazole rings is 1. The predicted octanol–water partition coefficient (Wildman–Crippen LogP) is 2.92. The van der Waals surface area contributed by atoms with Crippen molar-refractivity contribution in [3.8, 4) is 11.5 Å². The summed E-state index contributed by atoms with van der Waals surface area (Å²) < 4.78 is 10.4. The zero-order valence-corrected chi connectivity index (χ0v) is 11.0. The topological polar surface area (TPSA) is 52.3 Å². The summed E-state index contributed by atoms with van der Waals surface area (Å²) in [6.45, 7) is 1.90. The van der Waals surface area contributed by atoms with Crippen LogP contribution >= 0.6 is 11.3 Å². The molecule has 0 unspecified atom stereocenters. The first-order valence-electron chi connectivity index (χ1n) is 5.77. The molecule has 3 rings (SSSR count). The highest BCUT2D eigenvalue weighted by Gasteiger charge is 2.55. The monoisotopic (exact) mass is 263 g/mol. The quantitative estimate of drug-likeness (QED) is 0.799. The van der Waals surface area contributed by atoms with E-state index in [4.69, 9.17) is 9.15 Å². The zero-order chi connectivity index (χ0) is 12.8. The highest BCUT2D eigenvalue weighted by atomic mass is 32.1. The van der Waals surface area contributed by atoms with Crippen molar-refractivity contribution in [2.24, 2.45) is 0 Å². The SMILES string of the molecule is COC(=O)C1(c2nc(-c3ccc(C)o3)cs2)CC1. The number of carbonyl (C=O) groups is 1. The average molecular weight is 263 g/mol. The summed E-state index contributed by atoms with van der Waals surface area (Å²) >= 11 is 1.49. The highest BCUT2D eigenvalue weighted by molar-refractivity contribution is 7.10. The molecule has 2 heterocycles. The van der Waals surface area contributed by atoms with Crippen LogP contribution in [0.15, 0.2) is 21.9 Å². The van der Waals surface area contributed by atoms with Crippen LogP contribution in [0.2, 0.25) is 0 Å². The van der Waals surface area contributed by atoms with Gasteiger partial charge < -0.3 is 9.15 Å². The van der Waals surface area contributed by atoms with Gasteiger partial charge in [-0.1, -0.05) is 0 Å². The molecule has 0 radical (unpaired) electrons. The summed E-state index contributed by atoms with van der Waals surface area (Å²) in [7, 11) is 1.42. The second-order valence-electron chi connectivity index (χ2n) is 4.52. The van der Waals surface area contributed by atoms with E-state index in [-0.39, 0.29) is 5.97 Å². The molecule has 0 amide bonds. The zero-order valence-electron chi connectivity index (χ0n) is 10.2. The summed E-state index contributed by atoms with van der Waals surface area (Å²) in [5.74, 6) is 1.42. The van der Waals surface area contributed by atoms with Crippen molar-refractivity contribution < 1.29 is 13.9 Å². The van der Waals surface area contributed by atoms with Gasteiger partial charge in [0.15, 0.2) is 5.76 Å². The number of carbonyl (C=O) groups excluding carboxylic acids is 1. The van der Waals surface area contributed by atoms with Crippen molar-refractivity contribution in [1.29, 1.82) is 0 Å². The van der Waals surface area contributed by atoms with Crippen molar-refractivity contribution >= 4 is 17.3 Å². The maximum absolute atomic E-state index is 11.8. The van der Waals surface area contributed by atoms with Crippen LogP contribution in [0.25, 0.3) is 11.5 Å². The number of aromatic nitrogens is 1. The molecular weight excluding hydrogens is 250 g/mol. The number of ether oxygens (including phenoxy) is 1. The summed E-state index contributed by atoms with van der Waals surface area (Å²) in [4.78, 5) is 16.3. The minimum Gasteiger partial charge on any atom is -0.468 e. The molecule has 1 aliphatic rings. The van der Waals surface area contributed by atoms with Crippen LogP contribution in [0, 0.1) is 6.92 Å². The van der Waals surface area contributed by atoms with Crippen molar-refractivity contribution in [2.75, 3.05) is 7.11 Å². The number of aryl methyl sites for hydroxylation is 1. The Balaban J connectivity index is 1.93. The molecule has 4 nitrogen and oxygen atoms in total. The van der Waals surface area contributed by atoms with E-state index < -0.39 is 5.41 Å². The third kappa shape index (κ3) is 1.66. The van der Waals surface area contributed by atoms with E-state index >= 15 is 0 Å². The van der Waals surface area contributed by atoms with E-state index in [0.717, 1.165) is 35.1 Å². The van der Waals surface area contributed by atoms with Crippen LogP contribution in [0.1, 0.15) is 23.6 Å². The van der Waals surface area contributed by atoms with E-state index in [1.54, 1.807) is 0 Å². The van der Waals surface area contributed by atoms with Crippen LogP contribution in [-0.4, -0.2) is 18.1 Å². The average Bonchev–Trinajstić information content (AvgIpc) is 2.84. The van der Waals surface area contributed by atoms with Crippen molar-refractivity contribution in [2.45, 2.75) is 25.2 Å². The summed E-state index contributed by atoms with van der Waals surface area (Å²) in [5.41, 5.74) is 0.303. The van der Waals surface area contributed by atoms with E-state index in [1.807, 2.05) is 24.4 Å². The van der Waals surface area contributed by atoms with Crippen LogP contribution in [-0.2, 0) is 14.9 Å². The number of rotatable bonds is 3. The molecule has 5 heteroatoms. The fourth-order valence-electron chi connectivity index (χ4n) is 2.00. The molecule has 0 N–H and O–H groups in total. The Bertz CT molecular complexity index is 595. The van der Waals surface area contributed by atoms with Crippen molar-refractivity contribution in [3.05, 3.63) is 28.3 Å². The van der Waals surface area contributed by atoms with E-state index in [9.17, 15) is 4.79 Å². The molecule has 0 aliphatic heterocycles. The lowest BCUT2D eigenvalue weighted by Crippen LogP contribution is -2.21. The molecule has 1 aliphatic carbocycles. The lowest BCUT2D eigenvalue weighted by molar-refractivity contribution is -0.143. The van der Waals surface area contributed by atoms with Gasteiger partial charge in [0, 0.05) is 5.38 Å². The maximum Gasteiger partial charge on any atom is 0.318 e. The Labute approximate surface area is 109 Å². The first-order chi connectivity index (χ1) is 8.65. The van der Waals surface area contributed by atoms with Crippen LogP contribution in [0.4, 0.5) is 0 Å². The first kappa shape index (κ1) is 11.5. The molecule has 0 spiro atoms. The minimum atomic E-state index is -0.487. The highest BCUT2D eigenvalue weighted by Crippen LogP contribution is 2.50. The van der Waals surface area contributed by atoms with Crippen LogP contribution in [0.5, 0.6) is 0 Å². The van der Waals surface area contributed by atoms with Crippen molar-refractivity contribution in [3.63, 3.8) is 0 Å². The number of hydrogen-bond donors (Lipinski definition) is 0. The Morgan fingerprint density at radius 3 is 2.83 bits per heavy atom. The molecule has 0 aromatic carbocycles. The summed E-state index contributed by atoms with van der Waals surface area (Å²) in [5, 5.41) is 2.76. The Morgan fingerprint density at radius 2 is 2.28 bits per heavy atom. The fraction of sp³-hybridized carbons (Fsp3) is 0.385. The molecular formula is C13H13NO3S. The first-order valence-corrected chi connectivity index (χ1v) is 6.65. The summed E-state index contributed by atoms with van der Waals surface area (Å²) in [6.07, 6.45) is 1.65.